The minimum absolute atomic E-state index is 0.136. The Bertz CT molecular complexity index is 716. The van der Waals surface area contributed by atoms with Gasteiger partial charge in [0.2, 0.25) is 0 Å². The van der Waals surface area contributed by atoms with Gasteiger partial charge in [0.15, 0.2) is 0 Å². The van der Waals surface area contributed by atoms with Crippen LogP contribution in [0.5, 0.6) is 5.75 Å². The predicted octanol–water partition coefficient (Wildman–Crippen LogP) is 5.08. The third-order valence-electron chi connectivity index (χ3n) is 4.64. The van der Waals surface area contributed by atoms with Gasteiger partial charge in [-0.25, -0.2) is 0 Å². The number of halogens is 3. The van der Waals surface area contributed by atoms with E-state index in [4.69, 9.17) is 4.74 Å². The molecule has 1 saturated carbocycles. The second kappa shape index (κ2) is 6.83. The summed E-state index contributed by atoms with van der Waals surface area (Å²) in [4.78, 5) is 10.6. The van der Waals surface area contributed by atoms with Crippen molar-refractivity contribution in [3.63, 3.8) is 0 Å². The highest BCUT2D eigenvalue weighted by molar-refractivity contribution is 5.85. The molecule has 0 aromatic heterocycles. The zero-order valence-electron chi connectivity index (χ0n) is 13.2. The fourth-order valence-electron chi connectivity index (χ4n) is 3.27. The Morgan fingerprint density at radius 3 is 2.33 bits per heavy atom. The summed E-state index contributed by atoms with van der Waals surface area (Å²) < 4.78 is 44.0. The molecule has 0 unspecified atom stereocenters. The number of rotatable bonds is 4. The molecular weight excluding hydrogens is 317 g/mol. The van der Waals surface area contributed by atoms with Crippen LogP contribution in [0.25, 0.3) is 10.8 Å². The highest BCUT2D eigenvalue weighted by atomic mass is 19.4. The molecule has 24 heavy (non-hydrogen) atoms. The molecule has 0 bridgehead atoms. The zero-order chi connectivity index (χ0) is 17.2. The second-order valence-electron chi connectivity index (χ2n) is 6.35. The Labute approximate surface area is 138 Å². The number of ether oxygens (including phenoxy) is 1. The molecule has 0 aliphatic heterocycles. The van der Waals surface area contributed by atoms with Crippen LogP contribution in [-0.4, -0.2) is 18.6 Å². The number of alkyl halides is 3. The van der Waals surface area contributed by atoms with Crippen molar-refractivity contribution in [1.82, 2.24) is 0 Å². The molecule has 3 rings (SSSR count). The number of fused-ring (bicyclic) bond motifs is 1. The molecule has 0 N–H and O–H groups in total. The van der Waals surface area contributed by atoms with E-state index in [2.05, 4.69) is 0 Å². The quantitative estimate of drug-likeness (QED) is 0.728. The van der Waals surface area contributed by atoms with E-state index in [1.165, 1.54) is 0 Å². The van der Waals surface area contributed by atoms with E-state index in [1.807, 2.05) is 36.4 Å². The Balaban J connectivity index is 1.66. The predicted molar refractivity (Wildman–Crippen MR) is 86.1 cm³/mol. The number of hydrogen-bond acceptors (Lipinski definition) is 2. The molecule has 2 aromatic carbocycles. The average Bonchev–Trinajstić information content (AvgIpc) is 2.55. The van der Waals surface area contributed by atoms with Crippen LogP contribution in [0.4, 0.5) is 13.2 Å². The Kier molecular flexibility index (Phi) is 4.78. The molecule has 0 atom stereocenters. The van der Waals surface area contributed by atoms with Crippen LogP contribution in [-0.2, 0) is 11.2 Å². The fourth-order valence-corrected chi connectivity index (χ4v) is 3.27. The smallest absolute Gasteiger partial charge is 0.391 e. The Morgan fingerprint density at radius 2 is 1.67 bits per heavy atom. The van der Waals surface area contributed by atoms with Crippen molar-refractivity contribution in [1.29, 1.82) is 0 Å². The van der Waals surface area contributed by atoms with Crippen molar-refractivity contribution in [3.8, 4) is 5.75 Å². The lowest BCUT2D eigenvalue weighted by molar-refractivity contribution is -0.185. The molecule has 128 valence electrons. The van der Waals surface area contributed by atoms with Gasteiger partial charge in [0.25, 0.3) is 0 Å². The summed E-state index contributed by atoms with van der Waals surface area (Å²) in [6, 6.07) is 11.4. The van der Waals surface area contributed by atoms with Crippen LogP contribution >= 0.6 is 0 Å². The topological polar surface area (TPSA) is 26.3 Å². The zero-order valence-corrected chi connectivity index (χ0v) is 13.2. The number of benzene rings is 2. The molecule has 1 aliphatic carbocycles. The third-order valence-corrected chi connectivity index (χ3v) is 4.64. The summed E-state index contributed by atoms with van der Waals surface area (Å²) in [6.45, 7) is 0. The summed E-state index contributed by atoms with van der Waals surface area (Å²) in [6.07, 6.45) is -1.86. The van der Waals surface area contributed by atoms with Crippen LogP contribution in [0.1, 0.15) is 31.2 Å². The molecular formula is C19H19F3O2. The Hall–Kier alpha value is -2.04. The lowest BCUT2D eigenvalue weighted by Gasteiger charge is -2.30. The normalized spacial score (nSPS) is 21.6. The average molecular weight is 336 g/mol. The van der Waals surface area contributed by atoms with Crippen molar-refractivity contribution in [2.45, 2.75) is 44.4 Å². The minimum atomic E-state index is -4.09. The Morgan fingerprint density at radius 1 is 1.00 bits per heavy atom. The molecule has 0 saturated heterocycles. The van der Waals surface area contributed by atoms with E-state index in [9.17, 15) is 18.0 Å². The maximum atomic E-state index is 12.7. The minimum Gasteiger partial charge on any atom is -0.490 e. The van der Waals surface area contributed by atoms with E-state index in [-0.39, 0.29) is 18.9 Å². The number of hydrogen-bond donors (Lipinski definition) is 0. The molecule has 1 aliphatic rings. The third kappa shape index (κ3) is 3.89. The second-order valence-corrected chi connectivity index (χ2v) is 6.35. The van der Waals surface area contributed by atoms with Crippen LogP contribution in [0.3, 0.4) is 0 Å². The van der Waals surface area contributed by atoms with Crippen LogP contribution < -0.4 is 4.74 Å². The molecule has 0 heterocycles. The molecule has 5 heteroatoms. The van der Waals surface area contributed by atoms with Gasteiger partial charge in [-0.3, -0.25) is 0 Å². The summed E-state index contributed by atoms with van der Waals surface area (Å²) in [5, 5.41) is 2.01. The van der Waals surface area contributed by atoms with E-state index < -0.39 is 12.1 Å². The van der Waals surface area contributed by atoms with Gasteiger partial charge < -0.3 is 9.53 Å². The first-order valence-corrected chi connectivity index (χ1v) is 8.15. The lowest BCUT2D eigenvalue weighted by Crippen LogP contribution is -2.31. The standard InChI is InChI=1S/C19H19F3O2/c20-19(21,22)16-4-7-17(8-5-16)24-18-6-3-14-11-13(9-10-23)1-2-15(14)12-18/h1-3,6,10-12,16-17H,4-5,7-9H2/t16-,17+. The number of aldehydes is 1. The lowest BCUT2D eigenvalue weighted by atomic mass is 9.87. The maximum absolute atomic E-state index is 12.7. The van der Waals surface area contributed by atoms with Crippen molar-refractivity contribution in [2.75, 3.05) is 0 Å². The van der Waals surface area contributed by atoms with E-state index in [0.29, 0.717) is 25.0 Å². The summed E-state index contributed by atoms with van der Waals surface area (Å²) in [7, 11) is 0. The molecule has 2 aromatic rings. The monoisotopic (exact) mass is 336 g/mol. The number of carbonyl (C=O) groups is 1. The van der Waals surface area contributed by atoms with Crippen LogP contribution in [0.2, 0.25) is 0 Å². The van der Waals surface area contributed by atoms with Gasteiger partial charge in [0.05, 0.1) is 12.0 Å². The highest BCUT2D eigenvalue weighted by Crippen LogP contribution is 2.38. The molecule has 2 nitrogen and oxygen atoms in total. The summed E-state index contributed by atoms with van der Waals surface area (Å²) in [5.74, 6) is -0.508. The van der Waals surface area contributed by atoms with Gasteiger partial charge in [-0.2, -0.15) is 13.2 Å². The highest BCUT2D eigenvalue weighted by Gasteiger charge is 2.41. The first-order valence-electron chi connectivity index (χ1n) is 8.15. The van der Waals surface area contributed by atoms with Crippen LogP contribution in [0.15, 0.2) is 36.4 Å². The van der Waals surface area contributed by atoms with Crippen molar-refractivity contribution < 1.29 is 22.7 Å². The molecule has 0 radical (unpaired) electrons. The first-order chi connectivity index (χ1) is 11.5. The van der Waals surface area contributed by atoms with Gasteiger partial charge in [-0.1, -0.05) is 24.3 Å². The fraction of sp³-hybridized carbons (Fsp3) is 0.421. The van der Waals surface area contributed by atoms with Crippen LogP contribution in [0, 0.1) is 5.92 Å². The summed E-state index contributed by atoms with van der Waals surface area (Å²) >= 11 is 0. The van der Waals surface area contributed by atoms with Crippen molar-refractivity contribution in [3.05, 3.63) is 42.0 Å². The van der Waals surface area contributed by atoms with Gasteiger partial charge in [-0.05, 0) is 54.2 Å². The van der Waals surface area contributed by atoms with Crippen molar-refractivity contribution >= 4 is 17.1 Å². The first kappa shape index (κ1) is 16.8. The molecule has 0 spiro atoms. The van der Waals surface area contributed by atoms with Crippen molar-refractivity contribution in [2.24, 2.45) is 5.92 Å². The maximum Gasteiger partial charge on any atom is 0.391 e. The van der Waals surface area contributed by atoms with E-state index >= 15 is 0 Å². The SMILES string of the molecule is O=CCc1ccc2cc(O[C@H]3CC[C@@H](C(F)(F)F)CC3)ccc2c1. The largest absolute Gasteiger partial charge is 0.490 e. The van der Waals surface area contributed by atoms with Gasteiger partial charge in [-0.15, -0.1) is 0 Å². The molecule has 0 amide bonds. The van der Waals surface area contributed by atoms with E-state index in [1.54, 1.807) is 0 Å². The number of carbonyl (C=O) groups excluding carboxylic acids is 1. The molecule has 1 fully saturated rings. The van der Waals surface area contributed by atoms with E-state index in [0.717, 1.165) is 22.6 Å². The van der Waals surface area contributed by atoms with Gasteiger partial charge >= 0.3 is 6.18 Å². The van der Waals surface area contributed by atoms with Gasteiger partial charge in [0, 0.05) is 6.42 Å². The van der Waals surface area contributed by atoms with Gasteiger partial charge in [0.1, 0.15) is 12.0 Å². The summed E-state index contributed by atoms with van der Waals surface area (Å²) in [5.41, 5.74) is 0.955.